The Kier molecular flexibility index (Phi) is 6.70. The lowest BCUT2D eigenvalue weighted by atomic mass is 10.3. The molecule has 0 spiro atoms. The maximum absolute atomic E-state index is 12.5. The van der Waals surface area contributed by atoms with Gasteiger partial charge in [-0.05, 0) is 25.0 Å². The van der Waals surface area contributed by atoms with E-state index < -0.39 is 0 Å². The van der Waals surface area contributed by atoms with Gasteiger partial charge in [0.25, 0.3) is 5.91 Å². The Morgan fingerprint density at radius 2 is 2.00 bits per heavy atom. The van der Waals surface area contributed by atoms with Crippen LogP contribution in [0, 0.1) is 0 Å². The van der Waals surface area contributed by atoms with E-state index in [4.69, 9.17) is 11.6 Å². The molecule has 2 heterocycles. The maximum Gasteiger partial charge on any atom is 0.291 e. The number of benzene rings is 1. The van der Waals surface area contributed by atoms with Gasteiger partial charge in [-0.3, -0.25) is 9.69 Å². The average molecular weight is 411 g/mol. The topological polar surface area (TPSA) is 75.1 Å². The van der Waals surface area contributed by atoms with Gasteiger partial charge in [-0.25, -0.2) is 9.67 Å². The van der Waals surface area contributed by atoms with Gasteiger partial charge in [0.05, 0.1) is 10.7 Å². The molecule has 2 N–H and O–H groups in total. The van der Waals surface area contributed by atoms with Gasteiger partial charge in [0.1, 0.15) is 5.82 Å². The van der Waals surface area contributed by atoms with E-state index >= 15 is 0 Å². The molecule has 7 nitrogen and oxygen atoms in total. The van der Waals surface area contributed by atoms with E-state index in [2.05, 4.69) is 25.6 Å². The van der Waals surface area contributed by atoms with Gasteiger partial charge in [-0.15, -0.1) is 17.5 Å². The number of para-hydroxylation sites is 1. The minimum atomic E-state index is -0.229. The Hall–Kier alpha value is -1.67. The molecular formula is C18H24Cl2N6O. The normalized spacial score (nSPS) is 17.4. The van der Waals surface area contributed by atoms with Crippen molar-refractivity contribution in [3.8, 4) is 5.69 Å². The Bertz CT molecular complexity index is 786. The van der Waals surface area contributed by atoms with Crippen LogP contribution in [0.15, 0.2) is 24.3 Å². The summed E-state index contributed by atoms with van der Waals surface area (Å²) in [5.74, 6) is 1.17. The summed E-state index contributed by atoms with van der Waals surface area (Å²) in [6.45, 7) is 5.47. The third-order valence-electron chi connectivity index (χ3n) is 4.78. The molecule has 2 aliphatic rings. The Morgan fingerprint density at radius 3 is 2.70 bits per heavy atom. The van der Waals surface area contributed by atoms with Crippen LogP contribution in [0.5, 0.6) is 0 Å². The fraction of sp³-hybridized carbons (Fsp3) is 0.500. The lowest BCUT2D eigenvalue weighted by Crippen LogP contribution is -2.46. The first-order valence-electron chi connectivity index (χ1n) is 9.15. The second-order valence-electron chi connectivity index (χ2n) is 6.78. The SMILES string of the molecule is Cl.O=C(NCCN1CCNCC1)c1nc(C2CC2)n(-c2ccccc2Cl)n1. The molecule has 1 aromatic carbocycles. The van der Waals surface area contributed by atoms with Crippen molar-refractivity contribution in [3.05, 3.63) is 40.9 Å². The summed E-state index contributed by atoms with van der Waals surface area (Å²) in [4.78, 5) is 19.3. The van der Waals surface area contributed by atoms with Crippen LogP contribution in [0.3, 0.4) is 0 Å². The number of carbonyl (C=O) groups is 1. The van der Waals surface area contributed by atoms with Crippen molar-refractivity contribution in [3.63, 3.8) is 0 Å². The molecule has 4 rings (SSSR count). The summed E-state index contributed by atoms with van der Waals surface area (Å²) in [7, 11) is 0. The second-order valence-corrected chi connectivity index (χ2v) is 7.19. The quantitative estimate of drug-likeness (QED) is 0.759. The standard InChI is InChI=1S/C18H23ClN6O.ClH/c19-14-3-1-2-4-15(14)25-17(13-5-6-13)22-16(23-25)18(26)21-9-12-24-10-7-20-8-11-24;/h1-4,13,20H,5-12H2,(H,21,26);1H. The first-order valence-corrected chi connectivity index (χ1v) is 9.53. The van der Waals surface area contributed by atoms with Crippen LogP contribution in [0.2, 0.25) is 5.02 Å². The molecule has 146 valence electrons. The van der Waals surface area contributed by atoms with Crippen molar-refractivity contribution in [2.45, 2.75) is 18.8 Å². The van der Waals surface area contributed by atoms with Crippen LogP contribution in [0.25, 0.3) is 5.69 Å². The van der Waals surface area contributed by atoms with E-state index in [9.17, 15) is 4.79 Å². The largest absolute Gasteiger partial charge is 0.348 e. The highest BCUT2D eigenvalue weighted by atomic mass is 35.5. The summed E-state index contributed by atoms with van der Waals surface area (Å²) >= 11 is 6.31. The zero-order valence-corrected chi connectivity index (χ0v) is 16.6. The molecule has 1 saturated heterocycles. The van der Waals surface area contributed by atoms with Crippen LogP contribution in [-0.4, -0.2) is 64.8 Å². The van der Waals surface area contributed by atoms with E-state index in [0.717, 1.165) is 57.1 Å². The van der Waals surface area contributed by atoms with Crippen LogP contribution in [0.4, 0.5) is 0 Å². The Morgan fingerprint density at radius 1 is 1.26 bits per heavy atom. The number of carbonyl (C=O) groups excluding carboxylic acids is 1. The number of nitrogens with zero attached hydrogens (tertiary/aromatic N) is 4. The number of nitrogens with one attached hydrogen (secondary N) is 2. The van der Waals surface area contributed by atoms with Crippen molar-refractivity contribution in [1.29, 1.82) is 0 Å². The molecule has 1 aromatic heterocycles. The number of hydrogen-bond donors (Lipinski definition) is 2. The molecule has 0 radical (unpaired) electrons. The third kappa shape index (κ3) is 4.79. The number of rotatable bonds is 6. The van der Waals surface area contributed by atoms with Crippen LogP contribution >= 0.6 is 24.0 Å². The number of hydrogen-bond acceptors (Lipinski definition) is 5. The minimum absolute atomic E-state index is 0. The van der Waals surface area contributed by atoms with Gasteiger partial charge >= 0.3 is 0 Å². The summed E-state index contributed by atoms with van der Waals surface area (Å²) < 4.78 is 1.73. The van der Waals surface area contributed by atoms with Crippen molar-refractivity contribution in [1.82, 2.24) is 30.3 Å². The molecule has 0 unspecified atom stereocenters. The molecule has 27 heavy (non-hydrogen) atoms. The van der Waals surface area contributed by atoms with Gasteiger partial charge in [0.15, 0.2) is 0 Å². The van der Waals surface area contributed by atoms with Gasteiger partial charge < -0.3 is 10.6 Å². The predicted octanol–water partition coefficient (Wildman–Crippen LogP) is 1.85. The zero-order chi connectivity index (χ0) is 17.9. The highest BCUT2D eigenvalue weighted by molar-refractivity contribution is 6.32. The molecule has 1 amide bonds. The van der Waals surface area contributed by atoms with Crippen molar-refractivity contribution >= 4 is 29.9 Å². The van der Waals surface area contributed by atoms with E-state index in [1.165, 1.54) is 0 Å². The van der Waals surface area contributed by atoms with Crippen LogP contribution in [0.1, 0.15) is 35.2 Å². The third-order valence-corrected chi connectivity index (χ3v) is 5.10. The van der Waals surface area contributed by atoms with Crippen LogP contribution < -0.4 is 10.6 Å². The highest BCUT2D eigenvalue weighted by Crippen LogP contribution is 2.40. The highest BCUT2D eigenvalue weighted by Gasteiger charge is 2.32. The van der Waals surface area contributed by atoms with Crippen molar-refractivity contribution in [2.24, 2.45) is 0 Å². The monoisotopic (exact) mass is 410 g/mol. The first kappa shape index (κ1) is 20.1. The number of halogens is 2. The lowest BCUT2D eigenvalue weighted by Gasteiger charge is -2.26. The van der Waals surface area contributed by atoms with Crippen LogP contribution in [-0.2, 0) is 0 Å². The Balaban J connectivity index is 0.00000210. The van der Waals surface area contributed by atoms with Gasteiger partial charge in [0.2, 0.25) is 5.82 Å². The molecule has 1 aliphatic carbocycles. The zero-order valence-electron chi connectivity index (χ0n) is 15.0. The van der Waals surface area contributed by atoms with Gasteiger partial charge in [0, 0.05) is 45.2 Å². The van der Waals surface area contributed by atoms with Crippen molar-refractivity contribution in [2.75, 3.05) is 39.3 Å². The predicted molar refractivity (Wildman–Crippen MR) is 107 cm³/mol. The fourth-order valence-electron chi connectivity index (χ4n) is 3.17. The molecule has 0 atom stereocenters. The number of aromatic nitrogens is 3. The smallest absolute Gasteiger partial charge is 0.291 e. The summed E-state index contributed by atoms with van der Waals surface area (Å²) in [5, 5.41) is 11.3. The maximum atomic E-state index is 12.5. The summed E-state index contributed by atoms with van der Waals surface area (Å²) in [6.07, 6.45) is 2.15. The molecule has 9 heteroatoms. The van der Waals surface area contributed by atoms with Gasteiger partial charge in [-0.2, -0.15) is 0 Å². The second kappa shape index (κ2) is 9.01. The van der Waals surface area contributed by atoms with Crippen molar-refractivity contribution < 1.29 is 4.79 Å². The number of piperazine rings is 1. The lowest BCUT2D eigenvalue weighted by molar-refractivity contribution is 0.0937. The molecule has 2 fully saturated rings. The first-order chi connectivity index (χ1) is 12.7. The molecule has 1 saturated carbocycles. The molecule has 1 aliphatic heterocycles. The van der Waals surface area contributed by atoms with E-state index in [1.807, 2.05) is 24.3 Å². The van der Waals surface area contributed by atoms with E-state index in [1.54, 1.807) is 4.68 Å². The Labute approximate surface area is 169 Å². The van der Waals surface area contributed by atoms with Gasteiger partial charge in [-0.1, -0.05) is 23.7 Å². The minimum Gasteiger partial charge on any atom is -0.348 e. The van der Waals surface area contributed by atoms with E-state index in [0.29, 0.717) is 17.5 Å². The number of amides is 1. The molecule has 0 bridgehead atoms. The van der Waals surface area contributed by atoms with E-state index in [-0.39, 0.29) is 24.1 Å². The summed E-state index contributed by atoms with van der Waals surface area (Å²) in [6, 6.07) is 7.51. The summed E-state index contributed by atoms with van der Waals surface area (Å²) in [5.41, 5.74) is 0.767. The fourth-order valence-corrected chi connectivity index (χ4v) is 3.38. The molecule has 2 aromatic rings. The average Bonchev–Trinajstić information content (AvgIpc) is 3.41. The molecular weight excluding hydrogens is 387 g/mol.